The summed E-state index contributed by atoms with van der Waals surface area (Å²) in [7, 11) is 0. The second kappa shape index (κ2) is 6.69. The van der Waals surface area contributed by atoms with E-state index in [1.54, 1.807) is 6.92 Å². The third-order valence-electron chi connectivity index (χ3n) is 6.03. The lowest BCUT2D eigenvalue weighted by Crippen LogP contribution is -2.42. The number of anilines is 1. The molecule has 1 fully saturated rings. The molecule has 3 N–H and O–H groups in total. The van der Waals surface area contributed by atoms with E-state index >= 15 is 0 Å². The first-order valence-corrected chi connectivity index (χ1v) is 9.57. The quantitative estimate of drug-likeness (QED) is 0.868. The Hall–Kier alpha value is -2.31. The van der Waals surface area contributed by atoms with E-state index in [1.807, 2.05) is 36.5 Å². The first-order chi connectivity index (χ1) is 12.9. The van der Waals surface area contributed by atoms with Crippen LogP contribution in [0.4, 0.5) is 5.82 Å². The SMILES string of the molecule is CC1(CN)CCN(c2cnc3c(n2)CN=C3C(C)(O)c2ccccc2)CC1. The number of aromatic nitrogens is 2. The van der Waals surface area contributed by atoms with Gasteiger partial charge in [0.15, 0.2) is 0 Å². The summed E-state index contributed by atoms with van der Waals surface area (Å²) in [6.07, 6.45) is 3.94. The number of nitrogens with zero attached hydrogens (tertiary/aromatic N) is 4. The number of benzene rings is 1. The van der Waals surface area contributed by atoms with Gasteiger partial charge in [0.2, 0.25) is 0 Å². The molecule has 4 rings (SSSR count). The van der Waals surface area contributed by atoms with Crippen molar-refractivity contribution in [1.29, 1.82) is 0 Å². The van der Waals surface area contributed by atoms with Gasteiger partial charge in [-0.3, -0.25) is 4.99 Å². The van der Waals surface area contributed by atoms with Crippen LogP contribution < -0.4 is 10.6 Å². The first-order valence-electron chi connectivity index (χ1n) is 9.57. The Bertz CT molecular complexity index is 854. The molecule has 0 bridgehead atoms. The second-order valence-electron chi connectivity index (χ2n) is 8.13. The number of hydrogen-bond acceptors (Lipinski definition) is 6. The Morgan fingerprint density at radius 1 is 1.22 bits per heavy atom. The van der Waals surface area contributed by atoms with Gasteiger partial charge in [-0.2, -0.15) is 0 Å². The minimum atomic E-state index is -1.18. The largest absolute Gasteiger partial charge is 0.379 e. The van der Waals surface area contributed by atoms with Gasteiger partial charge in [-0.25, -0.2) is 9.97 Å². The number of fused-ring (bicyclic) bond motifs is 1. The van der Waals surface area contributed by atoms with Crippen LogP contribution in [0.2, 0.25) is 0 Å². The molecule has 6 heteroatoms. The van der Waals surface area contributed by atoms with Crippen molar-refractivity contribution in [3.8, 4) is 0 Å². The van der Waals surface area contributed by atoms with E-state index in [1.165, 1.54) is 0 Å². The molecule has 1 atom stereocenters. The van der Waals surface area contributed by atoms with Crippen molar-refractivity contribution in [2.45, 2.75) is 38.8 Å². The van der Waals surface area contributed by atoms with Crippen LogP contribution in [0.3, 0.4) is 0 Å². The van der Waals surface area contributed by atoms with Crippen LogP contribution in [0.1, 0.15) is 43.6 Å². The highest BCUT2D eigenvalue weighted by Gasteiger charge is 2.37. The van der Waals surface area contributed by atoms with Crippen LogP contribution in [-0.4, -0.2) is 40.4 Å². The predicted molar refractivity (Wildman–Crippen MR) is 107 cm³/mol. The van der Waals surface area contributed by atoms with E-state index in [9.17, 15) is 5.11 Å². The molecule has 0 radical (unpaired) electrons. The van der Waals surface area contributed by atoms with Crippen molar-refractivity contribution in [2.24, 2.45) is 16.1 Å². The molecule has 2 aliphatic rings. The highest BCUT2D eigenvalue weighted by molar-refractivity contribution is 6.07. The average Bonchev–Trinajstić information content (AvgIpc) is 3.13. The Labute approximate surface area is 160 Å². The van der Waals surface area contributed by atoms with Crippen molar-refractivity contribution in [1.82, 2.24) is 9.97 Å². The van der Waals surface area contributed by atoms with E-state index in [0.29, 0.717) is 18.0 Å². The summed E-state index contributed by atoms with van der Waals surface area (Å²) in [6.45, 7) is 7.09. The van der Waals surface area contributed by atoms with E-state index in [-0.39, 0.29) is 5.41 Å². The molecule has 1 unspecified atom stereocenters. The molecule has 1 saturated heterocycles. The van der Waals surface area contributed by atoms with Crippen molar-refractivity contribution >= 4 is 11.5 Å². The smallest absolute Gasteiger partial charge is 0.147 e. The maximum absolute atomic E-state index is 11.1. The first kappa shape index (κ1) is 18.1. The fraction of sp³-hybridized carbons (Fsp3) is 0.476. The predicted octanol–water partition coefficient (Wildman–Crippen LogP) is 2.25. The third kappa shape index (κ3) is 3.24. The maximum atomic E-state index is 11.1. The Kier molecular flexibility index (Phi) is 4.48. The molecule has 27 heavy (non-hydrogen) atoms. The van der Waals surface area contributed by atoms with Crippen LogP contribution >= 0.6 is 0 Å². The van der Waals surface area contributed by atoms with Crippen LogP contribution in [0.15, 0.2) is 41.5 Å². The molecule has 1 aromatic heterocycles. The highest BCUT2D eigenvalue weighted by atomic mass is 16.3. The molecule has 0 saturated carbocycles. The lowest BCUT2D eigenvalue weighted by atomic mass is 9.80. The zero-order valence-corrected chi connectivity index (χ0v) is 16.0. The molecule has 0 spiro atoms. The standard InChI is InChI=1S/C21H27N5O/c1-20(14-22)8-10-26(11-9-20)17-13-23-18-16(25-17)12-24-19(18)21(2,27)15-6-4-3-5-7-15/h3-7,13,27H,8-12,14,22H2,1-2H3. The van der Waals surface area contributed by atoms with Crippen LogP contribution in [0, 0.1) is 5.41 Å². The van der Waals surface area contributed by atoms with Gasteiger partial charge in [0, 0.05) is 13.1 Å². The molecule has 142 valence electrons. The zero-order valence-electron chi connectivity index (χ0n) is 16.0. The van der Waals surface area contributed by atoms with Gasteiger partial charge >= 0.3 is 0 Å². The molecule has 2 aromatic rings. The zero-order chi connectivity index (χ0) is 19.1. The van der Waals surface area contributed by atoms with Gasteiger partial charge in [-0.05, 0) is 37.3 Å². The number of piperidine rings is 1. The van der Waals surface area contributed by atoms with Crippen molar-refractivity contribution in [3.05, 3.63) is 53.5 Å². The Morgan fingerprint density at radius 2 is 1.93 bits per heavy atom. The van der Waals surface area contributed by atoms with E-state index in [0.717, 1.165) is 49.6 Å². The number of hydrogen-bond donors (Lipinski definition) is 2. The number of aliphatic imine (C=N–C) groups is 1. The lowest BCUT2D eigenvalue weighted by molar-refractivity contribution is 0.133. The summed E-state index contributed by atoms with van der Waals surface area (Å²) >= 11 is 0. The summed E-state index contributed by atoms with van der Waals surface area (Å²) in [4.78, 5) is 16.3. The van der Waals surface area contributed by atoms with Gasteiger partial charge in [-0.1, -0.05) is 37.3 Å². The maximum Gasteiger partial charge on any atom is 0.147 e. The molecule has 6 nitrogen and oxygen atoms in total. The topological polar surface area (TPSA) is 87.6 Å². The number of nitrogens with two attached hydrogens (primary N) is 1. The fourth-order valence-corrected chi connectivity index (χ4v) is 3.87. The summed E-state index contributed by atoms with van der Waals surface area (Å²) in [6, 6.07) is 9.58. The number of aliphatic hydroxyl groups is 1. The molecule has 3 heterocycles. The van der Waals surface area contributed by atoms with E-state index < -0.39 is 5.60 Å². The molecular weight excluding hydrogens is 338 g/mol. The molecule has 2 aliphatic heterocycles. The van der Waals surface area contributed by atoms with Crippen LogP contribution in [-0.2, 0) is 12.1 Å². The fourth-order valence-electron chi connectivity index (χ4n) is 3.87. The van der Waals surface area contributed by atoms with Gasteiger partial charge < -0.3 is 15.7 Å². The van der Waals surface area contributed by atoms with Gasteiger partial charge in [-0.15, -0.1) is 0 Å². The van der Waals surface area contributed by atoms with Gasteiger partial charge in [0.1, 0.15) is 17.1 Å². The van der Waals surface area contributed by atoms with Crippen molar-refractivity contribution in [2.75, 3.05) is 24.5 Å². The highest BCUT2D eigenvalue weighted by Crippen LogP contribution is 2.33. The second-order valence-corrected chi connectivity index (χ2v) is 8.13. The molecule has 0 aliphatic carbocycles. The normalized spacial score (nSPS) is 20.7. The lowest BCUT2D eigenvalue weighted by Gasteiger charge is -2.39. The number of rotatable bonds is 4. The molecular formula is C21H27N5O. The average molecular weight is 365 g/mol. The minimum absolute atomic E-state index is 0.228. The van der Waals surface area contributed by atoms with Gasteiger partial charge in [0.05, 0.1) is 24.1 Å². The Morgan fingerprint density at radius 3 is 2.59 bits per heavy atom. The minimum Gasteiger partial charge on any atom is -0.379 e. The van der Waals surface area contributed by atoms with Crippen molar-refractivity contribution < 1.29 is 5.11 Å². The third-order valence-corrected chi connectivity index (χ3v) is 6.03. The molecule has 0 amide bonds. The van der Waals surface area contributed by atoms with Gasteiger partial charge in [0.25, 0.3) is 0 Å². The Balaban J connectivity index is 1.56. The summed E-state index contributed by atoms with van der Waals surface area (Å²) in [5.41, 5.74) is 7.90. The van der Waals surface area contributed by atoms with Crippen molar-refractivity contribution in [3.63, 3.8) is 0 Å². The van der Waals surface area contributed by atoms with Crippen LogP contribution in [0.25, 0.3) is 0 Å². The summed E-state index contributed by atoms with van der Waals surface area (Å²) in [5.74, 6) is 0.892. The summed E-state index contributed by atoms with van der Waals surface area (Å²) < 4.78 is 0. The van der Waals surface area contributed by atoms with E-state index in [4.69, 9.17) is 10.7 Å². The van der Waals surface area contributed by atoms with Crippen LogP contribution in [0.5, 0.6) is 0 Å². The molecule has 1 aromatic carbocycles. The summed E-state index contributed by atoms with van der Waals surface area (Å²) in [5, 5.41) is 11.1. The van der Waals surface area contributed by atoms with E-state index in [2.05, 4.69) is 21.8 Å². The monoisotopic (exact) mass is 365 g/mol.